The van der Waals surface area contributed by atoms with Gasteiger partial charge in [-0.3, -0.25) is 0 Å². The second-order valence-corrected chi connectivity index (χ2v) is 5.77. The van der Waals surface area contributed by atoms with Gasteiger partial charge in [0.15, 0.2) is 0 Å². The van der Waals surface area contributed by atoms with E-state index in [2.05, 4.69) is 57.8 Å². The van der Waals surface area contributed by atoms with Gasteiger partial charge in [0.25, 0.3) is 0 Å². The van der Waals surface area contributed by atoms with Gasteiger partial charge in [0.1, 0.15) is 0 Å². The average molecular weight is 358 g/mol. The monoisotopic (exact) mass is 355 g/mol. The zero-order chi connectivity index (χ0) is 10.7. The summed E-state index contributed by atoms with van der Waals surface area (Å²) in [5.41, 5.74) is 7.27. The van der Waals surface area contributed by atoms with Crippen LogP contribution in [-0.4, -0.2) is 0 Å². The largest absolute Gasteiger partial charge is 0.324 e. The van der Waals surface area contributed by atoms with Gasteiger partial charge in [-0.15, -0.1) is 12.4 Å². The van der Waals surface area contributed by atoms with E-state index in [0.717, 1.165) is 15.4 Å². The maximum atomic E-state index is 6.09. The van der Waals surface area contributed by atoms with Crippen LogP contribution in [0.25, 0.3) is 0 Å². The van der Waals surface area contributed by atoms with Crippen molar-refractivity contribution in [3.8, 4) is 0 Å². The van der Waals surface area contributed by atoms with Gasteiger partial charge < -0.3 is 5.73 Å². The zero-order valence-corrected chi connectivity index (χ0v) is 12.8. The lowest BCUT2D eigenvalue weighted by Crippen LogP contribution is -2.12. The predicted octanol–water partition coefficient (Wildman–Crippen LogP) is 4.68. The van der Waals surface area contributed by atoms with Crippen LogP contribution in [0.15, 0.2) is 27.1 Å². The molecule has 0 heterocycles. The molecule has 0 aromatic heterocycles. The van der Waals surface area contributed by atoms with Gasteiger partial charge in [-0.25, -0.2) is 0 Å². The molecule has 0 saturated heterocycles. The zero-order valence-electron chi connectivity index (χ0n) is 8.84. The van der Waals surface area contributed by atoms with Crippen molar-refractivity contribution in [1.29, 1.82) is 0 Å². The molecule has 1 atom stereocenters. The van der Waals surface area contributed by atoms with E-state index in [9.17, 15) is 0 Å². The van der Waals surface area contributed by atoms with E-state index in [1.807, 2.05) is 6.07 Å². The molecular formula is C11H16Br2ClN. The van der Waals surface area contributed by atoms with E-state index < -0.39 is 0 Å². The molecule has 1 nitrogen and oxygen atoms in total. The molecule has 15 heavy (non-hydrogen) atoms. The van der Waals surface area contributed by atoms with Crippen molar-refractivity contribution in [1.82, 2.24) is 0 Å². The molecule has 86 valence electrons. The Labute approximate surface area is 114 Å². The minimum absolute atomic E-state index is 0. The Morgan fingerprint density at radius 2 is 1.60 bits per heavy atom. The van der Waals surface area contributed by atoms with Crippen LogP contribution in [0.5, 0.6) is 0 Å². The standard InChI is InChI=1S/C11H15Br2N.ClH/c1-7(2)3-11(14)8-4-9(12)6-10(13)5-8;/h4-7,11H,3,14H2,1-2H3;1H/t11-;/m1./s1. The minimum Gasteiger partial charge on any atom is -0.324 e. The highest BCUT2D eigenvalue weighted by Gasteiger charge is 2.09. The Balaban J connectivity index is 0.00000196. The third-order valence-electron chi connectivity index (χ3n) is 2.04. The first-order valence-electron chi connectivity index (χ1n) is 4.70. The van der Waals surface area contributed by atoms with Crippen LogP contribution < -0.4 is 5.73 Å². The number of benzene rings is 1. The molecule has 0 unspecified atom stereocenters. The van der Waals surface area contributed by atoms with Crippen molar-refractivity contribution < 1.29 is 0 Å². The summed E-state index contributed by atoms with van der Waals surface area (Å²) in [5.74, 6) is 0.628. The average Bonchev–Trinajstić information content (AvgIpc) is 2.00. The van der Waals surface area contributed by atoms with Gasteiger partial charge in [0.2, 0.25) is 0 Å². The molecule has 1 aromatic carbocycles. The van der Waals surface area contributed by atoms with Crippen molar-refractivity contribution in [2.45, 2.75) is 26.3 Å². The lowest BCUT2D eigenvalue weighted by molar-refractivity contribution is 0.510. The Hall–Kier alpha value is 0.430. The molecule has 1 rings (SSSR count). The van der Waals surface area contributed by atoms with E-state index in [0.29, 0.717) is 5.92 Å². The number of nitrogens with two attached hydrogens (primary N) is 1. The molecule has 0 aliphatic carbocycles. The fraction of sp³-hybridized carbons (Fsp3) is 0.455. The molecule has 0 radical (unpaired) electrons. The highest BCUT2D eigenvalue weighted by molar-refractivity contribution is 9.11. The molecule has 0 fully saturated rings. The van der Waals surface area contributed by atoms with Gasteiger partial charge in [0, 0.05) is 15.0 Å². The smallest absolute Gasteiger partial charge is 0.0298 e. The topological polar surface area (TPSA) is 26.0 Å². The van der Waals surface area contributed by atoms with Gasteiger partial charge in [0.05, 0.1) is 0 Å². The Bertz CT molecular complexity index is 295. The second kappa shape index (κ2) is 6.89. The van der Waals surface area contributed by atoms with Crippen LogP contribution in [0.4, 0.5) is 0 Å². The molecular weight excluding hydrogens is 341 g/mol. The highest BCUT2D eigenvalue weighted by atomic mass is 79.9. The quantitative estimate of drug-likeness (QED) is 0.835. The van der Waals surface area contributed by atoms with Gasteiger partial charge in [-0.05, 0) is 36.1 Å². The summed E-state index contributed by atoms with van der Waals surface area (Å²) in [6, 6.07) is 6.31. The number of hydrogen-bond donors (Lipinski definition) is 1. The maximum Gasteiger partial charge on any atom is 0.0298 e. The first-order valence-corrected chi connectivity index (χ1v) is 6.29. The molecule has 4 heteroatoms. The molecule has 0 aliphatic heterocycles. The molecule has 0 bridgehead atoms. The van der Waals surface area contributed by atoms with Crippen LogP contribution in [0.1, 0.15) is 31.9 Å². The van der Waals surface area contributed by atoms with E-state index in [-0.39, 0.29) is 18.4 Å². The van der Waals surface area contributed by atoms with Crippen molar-refractivity contribution in [2.75, 3.05) is 0 Å². The molecule has 0 amide bonds. The fourth-order valence-corrected chi connectivity index (χ4v) is 2.76. The van der Waals surface area contributed by atoms with Crippen molar-refractivity contribution >= 4 is 44.3 Å². The summed E-state index contributed by atoms with van der Waals surface area (Å²) < 4.78 is 2.14. The number of rotatable bonds is 3. The molecule has 2 N–H and O–H groups in total. The van der Waals surface area contributed by atoms with Crippen LogP contribution in [0.3, 0.4) is 0 Å². The lowest BCUT2D eigenvalue weighted by atomic mass is 9.98. The van der Waals surface area contributed by atoms with Crippen LogP contribution in [0.2, 0.25) is 0 Å². The Morgan fingerprint density at radius 1 is 1.13 bits per heavy atom. The fourth-order valence-electron chi connectivity index (χ4n) is 1.43. The van der Waals surface area contributed by atoms with Gasteiger partial charge in [-0.1, -0.05) is 45.7 Å². The van der Waals surface area contributed by atoms with Crippen molar-refractivity contribution in [2.24, 2.45) is 11.7 Å². The predicted molar refractivity (Wildman–Crippen MR) is 75.5 cm³/mol. The first kappa shape index (κ1) is 15.4. The summed E-state index contributed by atoms with van der Waals surface area (Å²) in [6.07, 6.45) is 1.02. The molecule has 0 spiro atoms. The van der Waals surface area contributed by atoms with Crippen LogP contribution >= 0.6 is 44.3 Å². The molecule has 0 saturated carbocycles. The minimum atomic E-state index is 0. The van der Waals surface area contributed by atoms with Gasteiger partial charge >= 0.3 is 0 Å². The third kappa shape index (κ3) is 5.34. The van der Waals surface area contributed by atoms with E-state index in [1.54, 1.807) is 0 Å². The van der Waals surface area contributed by atoms with E-state index in [4.69, 9.17) is 5.73 Å². The Morgan fingerprint density at radius 3 is 2.00 bits per heavy atom. The second-order valence-electron chi connectivity index (χ2n) is 3.94. The summed E-state index contributed by atoms with van der Waals surface area (Å²) in [6.45, 7) is 4.37. The maximum absolute atomic E-state index is 6.09. The number of halogens is 3. The molecule has 0 aliphatic rings. The van der Waals surface area contributed by atoms with Crippen LogP contribution in [0, 0.1) is 5.92 Å². The first-order chi connectivity index (χ1) is 6.49. The SMILES string of the molecule is CC(C)C[C@@H](N)c1cc(Br)cc(Br)c1.Cl. The Kier molecular flexibility index (Phi) is 7.09. The summed E-state index contributed by atoms with van der Waals surface area (Å²) in [7, 11) is 0. The summed E-state index contributed by atoms with van der Waals surface area (Å²) >= 11 is 6.92. The van der Waals surface area contributed by atoms with Gasteiger partial charge in [-0.2, -0.15) is 0 Å². The van der Waals surface area contributed by atoms with Crippen molar-refractivity contribution in [3.05, 3.63) is 32.7 Å². The molecule has 1 aromatic rings. The normalized spacial score (nSPS) is 12.4. The van der Waals surface area contributed by atoms with E-state index in [1.165, 1.54) is 5.56 Å². The highest BCUT2D eigenvalue weighted by Crippen LogP contribution is 2.26. The third-order valence-corrected chi connectivity index (χ3v) is 2.95. The summed E-state index contributed by atoms with van der Waals surface area (Å²) in [5, 5.41) is 0. The summed E-state index contributed by atoms with van der Waals surface area (Å²) in [4.78, 5) is 0. The van der Waals surface area contributed by atoms with Crippen molar-refractivity contribution in [3.63, 3.8) is 0 Å². The lowest BCUT2D eigenvalue weighted by Gasteiger charge is -2.15. The van der Waals surface area contributed by atoms with Crippen LogP contribution in [-0.2, 0) is 0 Å². The van der Waals surface area contributed by atoms with E-state index >= 15 is 0 Å². The number of hydrogen-bond acceptors (Lipinski definition) is 1.